The molecule has 52 heavy (non-hydrogen) atoms. The van der Waals surface area contributed by atoms with E-state index in [1.54, 1.807) is 0 Å². The zero-order valence-corrected chi connectivity index (χ0v) is 38.1. The Morgan fingerprint density at radius 1 is 0.519 bits per heavy atom. The van der Waals surface area contributed by atoms with E-state index < -0.39 is 31.8 Å². The molecule has 0 spiro atoms. The minimum atomic E-state index is -4.94. The van der Waals surface area contributed by atoms with Crippen LogP contribution in [0.25, 0.3) is 0 Å². The quantitative estimate of drug-likeness (QED) is 0.0150. The third-order valence-corrected chi connectivity index (χ3v) is 12.6. The predicted molar refractivity (Wildman–Crippen MR) is 210 cm³/mol. The molecule has 18 heteroatoms. The maximum atomic E-state index is 12.3. The molecule has 0 radical (unpaired) electrons. The molecule has 0 heterocycles. The molecule has 0 aliphatic heterocycles. The fourth-order valence-electron chi connectivity index (χ4n) is 4.52. The Kier molecular flexibility index (Phi) is 54.4. The first kappa shape index (κ1) is 60.3. The Morgan fingerprint density at radius 3 is 1.04 bits per heavy atom. The van der Waals surface area contributed by atoms with Gasteiger partial charge >= 0.3 is 15.6 Å². The Labute approximate surface area is 334 Å². The van der Waals surface area contributed by atoms with Crippen molar-refractivity contribution in [1.29, 1.82) is 0 Å². The summed E-state index contributed by atoms with van der Waals surface area (Å²) in [6.45, 7) is 10.5. The number of aliphatic hydroxyl groups excluding tert-OH is 2. The van der Waals surface area contributed by atoms with Gasteiger partial charge in [0.15, 0.2) is 0 Å². The Hall–Kier alpha value is 1.59. The molecule has 0 aromatic rings. The summed E-state index contributed by atoms with van der Waals surface area (Å²) in [5.41, 5.74) is 0. The van der Waals surface area contributed by atoms with Crippen LogP contribution in [0.1, 0.15) is 182 Å². The summed E-state index contributed by atoms with van der Waals surface area (Å²) in [5, 5.41) is 15.1. The van der Waals surface area contributed by atoms with Gasteiger partial charge in [-0.3, -0.25) is 9.05 Å². The zero-order chi connectivity index (χ0) is 38.9. The Morgan fingerprint density at radius 2 is 0.788 bits per heavy atom. The molecule has 0 bridgehead atoms. The second kappa shape index (κ2) is 47.0. The summed E-state index contributed by atoms with van der Waals surface area (Å²) < 4.78 is 48.8. The van der Waals surface area contributed by atoms with Gasteiger partial charge in [0.1, 0.15) is 0 Å². The van der Waals surface area contributed by atoms with E-state index in [0.717, 1.165) is 77.0 Å². The molecule has 13 nitrogen and oxygen atoms in total. The number of hydrogen-bond donors (Lipinski definition) is 6. The summed E-state index contributed by atoms with van der Waals surface area (Å²) >= 11 is 0. The number of phosphoric ester groups is 1. The van der Waals surface area contributed by atoms with E-state index in [-0.39, 0.29) is 41.5 Å². The molecule has 0 fully saturated rings. The van der Waals surface area contributed by atoms with Crippen molar-refractivity contribution in [3.05, 3.63) is 6.61 Å². The standard InChI is InChI=1S/C16H36O7P2.C16H36O4P2.C2H5O2.Ti/c1-3-5-7-9-11-13-15-21-25(20,23-24(17,18)19)22-16-14-12-10-8-6-4-2;1-3-5-7-9-11-13-15-19-22(21(17)18)20-16-14-12-10-8-6-4-2;3-1-2-4;/h3-16H2,1-2H3,(H2,17,18,19);17-18H,3-16H2,1-2H3;1,3-4H,2H2;/q;;-1;. The van der Waals surface area contributed by atoms with Crippen molar-refractivity contribution in [2.75, 3.05) is 33.0 Å². The van der Waals surface area contributed by atoms with Gasteiger partial charge in [-0.05, 0) is 25.7 Å². The molecule has 0 atom stereocenters. The van der Waals surface area contributed by atoms with E-state index in [9.17, 15) is 18.9 Å². The molecular weight excluding hydrogens is 788 g/mol. The van der Waals surface area contributed by atoms with Crippen LogP contribution < -0.4 is 0 Å². The summed E-state index contributed by atoms with van der Waals surface area (Å²) in [5.74, 6) is 0. The van der Waals surface area contributed by atoms with E-state index in [1.165, 1.54) is 64.2 Å². The molecule has 316 valence electrons. The van der Waals surface area contributed by atoms with Crippen LogP contribution >= 0.6 is 31.8 Å². The van der Waals surface area contributed by atoms with Crippen LogP contribution in [0.4, 0.5) is 0 Å². The van der Waals surface area contributed by atoms with Gasteiger partial charge in [0.2, 0.25) is 0 Å². The van der Waals surface area contributed by atoms with Crippen molar-refractivity contribution in [3.63, 3.8) is 0 Å². The van der Waals surface area contributed by atoms with Crippen molar-refractivity contribution < 1.29 is 83.0 Å². The van der Waals surface area contributed by atoms with Crippen LogP contribution in [0.15, 0.2) is 0 Å². The minimum absolute atomic E-state index is 0. The van der Waals surface area contributed by atoms with E-state index >= 15 is 0 Å². The van der Waals surface area contributed by atoms with Gasteiger partial charge in [0.05, 0.1) is 26.4 Å². The molecule has 0 amide bonds. The molecular formula is C34H77O13P4Ti-. The second-order valence-corrected chi connectivity index (χ2v) is 18.9. The minimum Gasteiger partial charge on any atom is -0.564 e. The average Bonchev–Trinajstić information content (AvgIpc) is 3.08. The number of unbranched alkanes of at least 4 members (excludes halogenated alkanes) is 20. The van der Waals surface area contributed by atoms with Crippen molar-refractivity contribution >= 4 is 31.8 Å². The Bertz CT molecular complexity index is 729. The van der Waals surface area contributed by atoms with E-state index in [4.69, 9.17) is 38.1 Å². The second-order valence-electron chi connectivity index (χ2n) is 12.3. The van der Waals surface area contributed by atoms with Gasteiger partial charge in [-0.1, -0.05) is 163 Å². The molecule has 0 aliphatic carbocycles. The van der Waals surface area contributed by atoms with Crippen molar-refractivity contribution in [3.8, 4) is 0 Å². The van der Waals surface area contributed by atoms with Gasteiger partial charge < -0.3 is 38.8 Å². The SMILES string of the molecule is CCCCCCCCOP(=O)(OCCCCCCCC)OP(=O)(O)O.CCCCCCCCOP(OCCCCCCCC)P(O)O.O[CH-]CO.[Ti]. The molecule has 0 saturated heterocycles. The van der Waals surface area contributed by atoms with E-state index in [1.807, 2.05) is 0 Å². The van der Waals surface area contributed by atoms with Crippen molar-refractivity contribution in [2.45, 2.75) is 182 Å². The van der Waals surface area contributed by atoms with Crippen LogP contribution in [0.3, 0.4) is 0 Å². The van der Waals surface area contributed by atoms with Crippen LogP contribution in [0.5, 0.6) is 0 Å². The fraction of sp³-hybridized carbons (Fsp3) is 0.971. The summed E-state index contributed by atoms with van der Waals surface area (Å²) in [6, 6.07) is 0. The first-order chi connectivity index (χ1) is 24.5. The average molecular weight is 866 g/mol. The van der Waals surface area contributed by atoms with Crippen LogP contribution in [0.2, 0.25) is 0 Å². The predicted octanol–water partition coefficient (Wildman–Crippen LogP) is 11.7. The van der Waals surface area contributed by atoms with Crippen molar-refractivity contribution in [1.82, 2.24) is 0 Å². The maximum absolute atomic E-state index is 12.3. The number of phosphoric acid groups is 2. The topological polar surface area (TPSA) is 202 Å². The number of rotatable bonds is 36. The van der Waals surface area contributed by atoms with Gasteiger partial charge in [-0.25, -0.2) is 9.13 Å². The molecule has 0 aromatic heterocycles. The summed E-state index contributed by atoms with van der Waals surface area (Å²) in [4.78, 5) is 36.5. The third kappa shape index (κ3) is 51.6. The normalized spacial score (nSPS) is 11.6. The van der Waals surface area contributed by atoms with Crippen molar-refractivity contribution in [2.24, 2.45) is 0 Å². The molecule has 0 saturated carbocycles. The fourth-order valence-corrected chi connectivity index (χ4v) is 8.68. The molecule has 0 unspecified atom stereocenters. The summed E-state index contributed by atoms with van der Waals surface area (Å²) in [7, 11) is -12.8. The zero-order valence-electron chi connectivity index (χ0n) is 32.9. The van der Waals surface area contributed by atoms with Gasteiger partial charge in [-0.15, -0.1) is 0 Å². The van der Waals surface area contributed by atoms with Crippen LogP contribution in [-0.2, 0) is 53.3 Å². The largest absolute Gasteiger partial charge is 0.564 e. The molecule has 0 aliphatic rings. The van der Waals surface area contributed by atoms with Crippen LogP contribution in [-0.4, -0.2) is 62.8 Å². The smallest absolute Gasteiger partial charge is 0.483 e. The number of aliphatic hydroxyl groups is 2. The third-order valence-electron chi connectivity index (χ3n) is 7.33. The van der Waals surface area contributed by atoms with E-state index in [2.05, 4.69) is 32.0 Å². The molecule has 0 aromatic carbocycles. The monoisotopic (exact) mass is 865 g/mol. The first-order valence-corrected chi connectivity index (χ1v) is 25.5. The maximum Gasteiger partial charge on any atom is 0.483 e. The van der Waals surface area contributed by atoms with E-state index in [0.29, 0.717) is 32.7 Å². The molecule has 0 rings (SSSR count). The van der Waals surface area contributed by atoms with Gasteiger partial charge in [0, 0.05) is 21.7 Å². The number of hydrogen-bond acceptors (Lipinski definition) is 11. The summed E-state index contributed by atoms with van der Waals surface area (Å²) in [6.07, 6.45) is 26.6. The molecule has 6 N–H and O–H groups in total. The van der Waals surface area contributed by atoms with Gasteiger partial charge in [0.25, 0.3) is 16.1 Å². The Balaban J connectivity index is -0.000000396. The van der Waals surface area contributed by atoms with Crippen LogP contribution in [0, 0.1) is 6.61 Å². The first-order valence-electron chi connectivity index (χ1n) is 19.4. The van der Waals surface area contributed by atoms with Gasteiger partial charge in [-0.2, -0.15) is 10.9 Å².